The van der Waals surface area contributed by atoms with E-state index in [9.17, 15) is 8.42 Å². The van der Waals surface area contributed by atoms with Crippen molar-refractivity contribution in [2.45, 2.75) is 32.6 Å². The molecule has 0 unspecified atom stereocenters. The van der Waals surface area contributed by atoms with Crippen molar-refractivity contribution in [2.75, 3.05) is 6.61 Å². The maximum Gasteiger partial charge on any atom is 0.276 e. The summed E-state index contributed by atoms with van der Waals surface area (Å²) < 4.78 is 30.5. The van der Waals surface area contributed by atoms with Crippen molar-refractivity contribution in [1.29, 1.82) is 0 Å². The number of ether oxygens (including phenoxy) is 1. The van der Waals surface area contributed by atoms with Crippen LogP contribution >= 0.6 is 0 Å². The predicted molar refractivity (Wildman–Crippen MR) is 101 cm³/mol. The first-order valence-corrected chi connectivity index (χ1v) is 9.62. The number of para-hydroxylation sites is 1. The van der Waals surface area contributed by atoms with E-state index in [0.29, 0.717) is 29.4 Å². The zero-order valence-electron chi connectivity index (χ0n) is 15.0. The lowest BCUT2D eigenvalue weighted by Crippen LogP contribution is -2.19. The van der Waals surface area contributed by atoms with Crippen LogP contribution in [-0.2, 0) is 10.0 Å². The highest BCUT2D eigenvalue weighted by Gasteiger charge is 2.15. The van der Waals surface area contributed by atoms with Crippen LogP contribution in [0.3, 0.4) is 0 Å². The molecule has 0 fully saturated rings. The molecule has 6 heteroatoms. The molecule has 1 N–H and O–H groups in total. The van der Waals surface area contributed by atoms with E-state index in [0.717, 1.165) is 5.56 Å². The molecule has 0 heterocycles. The third-order valence-corrected chi connectivity index (χ3v) is 4.87. The average molecular weight is 360 g/mol. The van der Waals surface area contributed by atoms with Gasteiger partial charge >= 0.3 is 0 Å². The van der Waals surface area contributed by atoms with Crippen LogP contribution in [0.15, 0.2) is 52.5 Å². The first-order valence-electron chi connectivity index (χ1n) is 8.13. The van der Waals surface area contributed by atoms with Gasteiger partial charge in [0.1, 0.15) is 5.75 Å². The quantitative estimate of drug-likeness (QED) is 0.605. The van der Waals surface area contributed by atoms with E-state index >= 15 is 0 Å². The van der Waals surface area contributed by atoms with Crippen molar-refractivity contribution in [3.8, 4) is 5.75 Å². The van der Waals surface area contributed by atoms with Gasteiger partial charge in [0.15, 0.2) is 0 Å². The van der Waals surface area contributed by atoms with Gasteiger partial charge in [-0.3, -0.25) is 0 Å². The highest BCUT2D eigenvalue weighted by molar-refractivity contribution is 7.89. The highest BCUT2D eigenvalue weighted by atomic mass is 32.2. The second-order valence-electron chi connectivity index (χ2n) is 6.36. The third kappa shape index (κ3) is 5.32. The Morgan fingerprint density at radius 3 is 2.56 bits per heavy atom. The zero-order valence-corrected chi connectivity index (χ0v) is 15.8. The maximum atomic E-state index is 12.4. The fraction of sp³-hybridized carbons (Fsp3) is 0.316. The molecule has 0 amide bonds. The van der Waals surface area contributed by atoms with Crippen LogP contribution in [-0.4, -0.2) is 21.2 Å². The molecule has 0 radical (unpaired) electrons. The lowest BCUT2D eigenvalue weighted by molar-refractivity contribution is 0.270. The standard InChI is InChI=1S/C19H24N2O3S/c1-14(2)13-24-18-8-6-5-7-17(18)12-20-21-25(22,23)19-10-9-15(3)11-16(19)4/h5-12,14,21H,13H2,1-4H3/b20-12+. The summed E-state index contributed by atoms with van der Waals surface area (Å²) in [5.41, 5.74) is 2.41. The third-order valence-electron chi connectivity index (χ3n) is 3.49. The number of nitrogens with one attached hydrogen (secondary N) is 1. The average Bonchev–Trinajstić information content (AvgIpc) is 2.53. The minimum atomic E-state index is -3.71. The molecule has 2 aromatic carbocycles. The lowest BCUT2D eigenvalue weighted by Gasteiger charge is -2.11. The van der Waals surface area contributed by atoms with E-state index in [1.807, 2.05) is 37.3 Å². The Bertz CT molecular complexity index is 859. The van der Waals surface area contributed by atoms with Gasteiger partial charge in [-0.1, -0.05) is 43.7 Å². The number of nitrogens with zero attached hydrogens (tertiary/aromatic N) is 1. The second-order valence-corrected chi connectivity index (χ2v) is 7.99. The molecule has 0 bridgehead atoms. The number of hydrogen-bond acceptors (Lipinski definition) is 4. The van der Waals surface area contributed by atoms with Gasteiger partial charge in [-0.2, -0.15) is 13.5 Å². The largest absolute Gasteiger partial charge is 0.493 e. The molecule has 0 aliphatic heterocycles. The van der Waals surface area contributed by atoms with Gasteiger partial charge in [-0.25, -0.2) is 4.83 Å². The number of rotatable bonds is 7. The molecule has 0 atom stereocenters. The predicted octanol–water partition coefficient (Wildman–Crippen LogP) is 3.65. The normalized spacial score (nSPS) is 11.9. The first-order chi connectivity index (χ1) is 11.8. The van der Waals surface area contributed by atoms with E-state index < -0.39 is 10.0 Å². The van der Waals surface area contributed by atoms with Crippen LogP contribution < -0.4 is 9.57 Å². The fourth-order valence-electron chi connectivity index (χ4n) is 2.29. The van der Waals surface area contributed by atoms with E-state index in [1.54, 1.807) is 19.1 Å². The van der Waals surface area contributed by atoms with Crippen LogP contribution in [0, 0.1) is 19.8 Å². The summed E-state index contributed by atoms with van der Waals surface area (Å²) in [7, 11) is -3.71. The summed E-state index contributed by atoms with van der Waals surface area (Å²) in [6, 6.07) is 12.6. The summed E-state index contributed by atoms with van der Waals surface area (Å²) in [6.45, 7) is 8.39. The van der Waals surface area contributed by atoms with Gasteiger partial charge in [0.05, 0.1) is 17.7 Å². The number of benzene rings is 2. The highest BCUT2D eigenvalue weighted by Crippen LogP contribution is 2.18. The van der Waals surface area contributed by atoms with Crippen LogP contribution in [0.1, 0.15) is 30.5 Å². The number of hydrogen-bond donors (Lipinski definition) is 1. The van der Waals surface area contributed by atoms with Crippen LogP contribution in [0.25, 0.3) is 0 Å². The fourth-order valence-corrected chi connectivity index (χ4v) is 3.31. The van der Waals surface area contributed by atoms with E-state index in [-0.39, 0.29) is 4.90 Å². The number of aryl methyl sites for hydroxylation is 2. The van der Waals surface area contributed by atoms with Crippen LogP contribution in [0.5, 0.6) is 5.75 Å². The summed E-state index contributed by atoms with van der Waals surface area (Å²) in [5.74, 6) is 1.07. The monoisotopic (exact) mass is 360 g/mol. The van der Waals surface area contributed by atoms with Crippen molar-refractivity contribution < 1.29 is 13.2 Å². The van der Waals surface area contributed by atoms with E-state index in [4.69, 9.17) is 4.74 Å². The van der Waals surface area contributed by atoms with Gasteiger partial charge in [0.2, 0.25) is 0 Å². The van der Waals surface area contributed by atoms with Crippen LogP contribution in [0.4, 0.5) is 0 Å². The minimum Gasteiger partial charge on any atom is -0.493 e. The molecule has 0 aliphatic carbocycles. The Balaban J connectivity index is 2.15. The molecule has 134 valence electrons. The SMILES string of the molecule is Cc1ccc(S(=O)(=O)N/N=C/c2ccccc2OCC(C)C)c(C)c1. The molecule has 5 nitrogen and oxygen atoms in total. The van der Waals surface area contributed by atoms with Crippen molar-refractivity contribution >= 4 is 16.2 Å². The van der Waals surface area contributed by atoms with Crippen molar-refractivity contribution in [1.82, 2.24) is 4.83 Å². The second kappa shape index (κ2) is 8.16. The smallest absolute Gasteiger partial charge is 0.276 e. The Hall–Kier alpha value is -2.34. The van der Waals surface area contributed by atoms with Gasteiger partial charge in [-0.05, 0) is 43.5 Å². The van der Waals surface area contributed by atoms with Crippen molar-refractivity contribution in [2.24, 2.45) is 11.0 Å². The van der Waals surface area contributed by atoms with Gasteiger partial charge < -0.3 is 4.74 Å². The number of hydrazone groups is 1. The summed E-state index contributed by atoms with van der Waals surface area (Å²) in [6.07, 6.45) is 1.46. The lowest BCUT2D eigenvalue weighted by atomic mass is 10.2. The van der Waals surface area contributed by atoms with E-state index in [1.165, 1.54) is 6.21 Å². The Kier molecular flexibility index (Phi) is 6.20. The van der Waals surface area contributed by atoms with Crippen molar-refractivity contribution in [3.63, 3.8) is 0 Å². The molecule has 0 spiro atoms. The summed E-state index contributed by atoms with van der Waals surface area (Å²) >= 11 is 0. The molecule has 0 aliphatic rings. The van der Waals surface area contributed by atoms with Gasteiger partial charge in [0, 0.05) is 5.56 Å². The van der Waals surface area contributed by atoms with Crippen molar-refractivity contribution in [3.05, 3.63) is 59.2 Å². The molecule has 25 heavy (non-hydrogen) atoms. The molecular weight excluding hydrogens is 336 g/mol. The Labute approximate surface area is 149 Å². The topological polar surface area (TPSA) is 67.8 Å². The number of sulfonamides is 1. The molecule has 2 aromatic rings. The molecule has 0 saturated carbocycles. The van der Waals surface area contributed by atoms with Gasteiger partial charge in [-0.15, -0.1) is 0 Å². The molecular formula is C19H24N2O3S. The molecule has 2 rings (SSSR count). The zero-order chi connectivity index (χ0) is 18.4. The molecule has 0 saturated heterocycles. The Morgan fingerprint density at radius 1 is 1.16 bits per heavy atom. The maximum absolute atomic E-state index is 12.4. The first kappa shape index (κ1) is 19.0. The van der Waals surface area contributed by atoms with E-state index in [2.05, 4.69) is 23.8 Å². The van der Waals surface area contributed by atoms with Crippen LogP contribution in [0.2, 0.25) is 0 Å². The molecule has 0 aromatic heterocycles. The summed E-state index contributed by atoms with van der Waals surface area (Å²) in [5, 5.41) is 3.90. The Morgan fingerprint density at radius 2 is 1.88 bits per heavy atom. The summed E-state index contributed by atoms with van der Waals surface area (Å²) in [4.78, 5) is 2.48. The minimum absolute atomic E-state index is 0.222. The van der Waals surface area contributed by atoms with Gasteiger partial charge in [0.25, 0.3) is 10.0 Å².